The van der Waals surface area contributed by atoms with Crippen LogP contribution in [0.25, 0.3) is 5.69 Å². The monoisotopic (exact) mass is 389 g/mol. The maximum Gasteiger partial charge on any atom is 0.254 e. The number of hydrogen-bond donors (Lipinski definition) is 1. The van der Waals surface area contributed by atoms with Crippen molar-refractivity contribution in [2.75, 3.05) is 0 Å². The molecular formula is C17H13BrClN3O. The highest BCUT2D eigenvalue weighted by Crippen LogP contribution is 2.21. The molecule has 23 heavy (non-hydrogen) atoms. The van der Waals surface area contributed by atoms with Crippen molar-refractivity contribution < 1.29 is 4.79 Å². The first kappa shape index (κ1) is 15.8. The van der Waals surface area contributed by atoms with E-state index < -0.39 is 0 Å². The molecule has 0 radical (unpaired) electrons. The van der Waals surface area contributed by atoms with Crippen molar-refractivity contribution in [2.45, 2.75) is 6.54 Å². The molecule has 0 bridgehead atoms. The molecule has 116 valence electrons. The van der Waals surface area contributed by atoms with Crippen molar-refractivity contribution >= 4 is 33.4 Å². The molecule has 0 saturated carbocycles. The van der Waals surface area contributed by atoms with Gasteiger partial charge in [0.15, 0.2) is 0 Å². The summed E-state index contributed by atoms with van der Waals surface area (Å²) in [6.45, 7) is 0.363. The van der Waals surface area contributed by atoms with Gasteiger partial charge >= 0.3 is 0 Å². The van der Waals surface area contributed by atoms with Crippen LogP contribution in [0, 0.1) is 0 Å². The van der Waals surface area contributed by atoms with E-state index in [2.05, 4.69) is 26.3 Å². The van der Waals surface area contributed by atoms with Crippen LogP contribution in [-0.4, -0.2) is 15.7 Å². The minimum atomic E-state index is -0.189. The molecule has 0 aliphatic heterocycles. The van der Waals surface area contributed by atoms with Gasteiger partial charge in [-0.25, -0.2) is 4.68 Å². The van der Waals surface area contributed by atoms with Gasteiger partial charge in [-0.3, -0.25) is 4.79 Å². The molecule has 1 N–H and O–H groups in total. The normalized spacial score (nSPS) is 10.5. The van der Waals surface area contributed by atoms with Gasteiger partial charge in [-0.2, -0.15) is 5.10 Å². The second kappa shape index (κ2) is 6.98. The number of benzene rings is 2. The van der Waals surface area contributed by atoms with Crippen molar-refractivity contribution in [3.8, 4) is 5.69 Å². The van der Waals surface area contributed by atoms with Crippen molar-refractivity contribution in [3.05, 3.63) is 81.5 Å². The van der Waals surface area contributed by atoms with Crippen LogP contribution >= 0.6 is 27.5 Å². The lowest BCUT2D eigenvalue weighted by Crippen LogP contribution is -2.22. The highest BCUT2D eigenvalue weighted by molar-refractivity contribution is 9.10. The van der Waals surface area contributed by atoms with E-state index in [0.717, 1.165) is 15.7 Å². The average molecular weight is 391 g/mol. The minimum Gasteiger partial charge on any atom is -0.348 e. The van der Waals surface area contributed by atoms with Crippen LogP contribution in [0.2, 0.25) is 5.02 Å². The maximum absolute atomic E-state index is 12.2. The van der Waals surface area contributed by atoms with Crippen LogP contribution in [0.4, 0.5) is 0 Å². The van der Waals surface area contributed by atoms with Gasteiger partial charge in [-0.15, -0.1) is 0 Å². The zero-order chi connectivity index (χ0) is 16.2. The standard InChI is InChI=1S/C17H13BrClN3O/c18-14-7-6-12(16(19)8-14)9-20-17(23)13-10-21-22(11-13)15-4-2-1-3-5-15/h1-8,10-11H,9H2,(H,20,23). The summed E-state index contributed by atoms with van der Waals surface area (Å²) in [5.41, 5.74) is 2.27. The summed E-state index contributed by atoms with van der Waals surface area (Å²) in [5.74, 6) is -0.189. The van der Waals surface area contributed by atoms with Crippen molar-refractivity contribution in [2.24, 2.45) is 0 Å². The summed E-state index contributed by atoms with van der Waals surface area (Å²) >= 11 is 9.50. The van der Waals surface area contributed by atoms with Crippen LogP contribution in [0.3, 0.4) is 0 Å². The molecule has 1 heterocycles. The van der Waals surface area contributed by atoms with E-state index in [-0.39, 0.29) is 5.91 Å². The Kier molecular flexibility index (Phi) is 4.79. The van der Waals surface area contributed by atoms with Crippen LogP contribution in [0.5, 0.6) is 0 Å². The molecular weight excluding hydrogens is 378 g/mol. The van der Waals surface area contributed by atoms with Crippen LogP contribution < -0.4 is 5.32 Å². The number of hydrogen-bond acceptors (Lipinski definition) is 2. The Hall–Kier alpha value is -2.11. The van der Waals surface area contributed by atoms with Crippen molar-refractivity contribution in [3.63, 3.8) is 0 Å². The Balaban J connectivity index is 1.68. The Morgan fingerprint density at radius 3 is 2.74 bits per heavy atom. The molecule has 3 rings (SSSR count). The van der Waals surface area contributed by atoms with E-state index >= 15 is 0 Å². The first-order valence-electron chi connectivity index (χ1n) is 6.96. The molecule has 0 aliphatic rings. The number of carbonyl (C=O) groups excluding carboxylic acids is 1. The first-order chi connectivity index (χ1) is 11.1. The molecule has 1 aromatic heterocycles. The Labute approximate surface area is 147 Å². The Morgan fingerprint density at radius 2 is 2.00 bits per heavy atom. The Morgan fingerprint density at radius 1 is 1.22 bits per heavy atom. The minimum absolute atomic E-state index is 0.189. The van der Waals surface area contributed by atoms with Gasteiger partial charge in [0.1, 0.15) is 0 Å². The third kappa shape index (κ3) is 3.81. The smallest absolute Gasteiger partial charge is 0.254 e. The zero-order valence-corrected chi connectivity index (χ0v) is 14.4. The number of aromatic nitrogens is 2. The fraction of sp³-hybridized carbons (Fsp3) is 0.0588. The third-order valence-electron chi connectivity index (χ3n) is 3.32. The van der Waals surface area contributed by atoms with E-state index in [1.807, 2.05) is 42.5 Å². The third-order valence-corrected chi connectivity index (χ3v) is 4.17. The summed E-state index contributed by atoms with van der Waals surface area (Å²) in [7, 11) is 0. The first-order valence-corrected chi connectivity index (χ1v) is 8.13. The molecule has 3 aromatic rings. The number of carbonyl (C=O) groups is 1. The second-order valence-corrected chi connectivity index (χ2v) is 6.25. The van der Waals surface area contributed by atoms with E-state index in [0.29, 0.717) is 17.1 Å². The lowest BCUT2D eigenvalue weighted by molar-refractivity contribution is 0.0951. The van der Waals surface area contributed by atoms with Crippen molar-refractivity contribution in [1.82, 2.24) is 15.1 Å². The number of nitrogens with zero attached hydrogens (tertiary/aromatic N) is 2. The van der Waals surface area contributed by atoms with E-state index in [4.69, 9.17) is 11.6 Å². The molecule has 0 aliphatic carbocycles. The second-order valence-electron chi connectivity index (χ2n) is 4.93. The van der Waals surface area contributed by atoms with E-state index in [9.17, 15) is 4.79 Å². The van der Waals surface area contributed by atoms with Gasteiger partial charge in [0.05, 0.1) is 17.4 Å². The summed E-state index contributed by atoms with van der Waals surface area (Å²) in [6.07, 6.45) is 3.25. The summed E-state index contributed by atoms with van der Waals surface area (Å²) in [5, 5.41) is 7.67. The molecule has 1 amide bonds. The molecule has 0 fully saturated rings. The van der Waals surface area contributed by atoms with Gasteiger partial charge < -0.3 is 5.32 Å². The predicted molar refractivity (Wildman–Crippen MR) is 93.9 cm³/mol. The molecule has 2 aromatic carbocycles. The van der Waals surface area contributed by atoms with E-state index in [1.54, 1.807) is 23.1 Å². The van der Waals surface area contributed by atoms with Gasteiger partial charge in [-0.05, 0) is 29.8 Å². The van der Waals surface area contributed by atoms with E-state index in [1.165, 1.54) is 0 Å². The number of halogens is 2. The quantitative estimate of drug-likeness (QED) is 0.725. The largest absolute Gasteiger partial charge is 0.348 e. The number of rotatable bonds is 4. The molecule has 4 nitrogen and oxygen atoms in total. The number of para-hydroxylation sites is 1. The predicted octanol–water partition coefficient (Wildman–Crippen LogP) is 4.22. The van der Waals surface area contributed by atoms with Crippen molar-refractivity contribution in [1.29, 1.82) is 0 Å². The highest BCUT2D eigenvalue weighted by Gasteiger charge is 2.10. The van der Waals surface area contributed by atoms with Crippen LogP contribution in [-0.2, 0) is 6.54 Å². The van der Waals surface area contributed by atoms with Gasteiger partial charge in [0.25, 0.3) is 5.91 Å². The van der Waals surface area contributed by atoms with Gasteiger partial charge in [0.2, 0.25) is 0 Å². The number of nitrogens with one attached hydrogen (secondary N) is 1. The fourth-order valence-electron chi connectivity index (χ4n) is 2.10. The van der Waals surface area contributed by atoms with Gasteiger partial charge in [0, 0.05) is 22.2 Å². The highest BCUT2D eigenvalue weighted by atomic mass is 79.9. The van der Waals surface area contributed by atoms with Gasteiger partial charge in [-0.1, -0.05) is 51.8 Å². The molecule has 0 spiro atoms. The topological polar surface area (TPSA) is 46.9 Å². The van der Waals surface area contributed by atoms with Crippen LogP contribution in [0.1, 0.15) is 15.9 Å². The maximum atomic E-state index is 12.2. The molecule has 6 heteroatoms. The Bertz CT molecular complexity index is 833. The number of amides is 1. The molecule has 0 saturated heterocycles. The average Bonchev–Trinajstić information content (AvgIpc) is 3.05. The molecule has 0 atom stereocenters. The zero-order valence-electron chi connectivity index (χ0n) is 12.0. The summed E-state index contributed by atoms with van der Waals surface area (Å²) < 4.78 is 2.57. The fourth-order valence-corrected chi connectivity index (χ4v) is 2.84. The summed E-state index contributed by atoms with van der Waals surface area (Å²) in [4.78, 5) is 12.2. The lowest BCUT2D eigenvalue weighted by atomic mass is 10.2. The summed E-state index contributed by atoms with van der Waals surface area (Å²) in [6, 6.07) is 15.2. The molecule has 0 unspecified atom stereocenters. The lowest BCUT2D eigenvalue weighted by Gasteiger charge is -2.06. The SMILES string of the molecule is O=C(NCc1ccc(Br)cc1Cl)c1cnn(-c2ccccc2)c1. The van der Waals surface area contributed by atoms with Crippen LogP contribution in [0.15, 0.2) is 65.4 Å².